The lowest BCUT2D eigenvalue weighted by molar-refractivity contribution is 0.306. The number of hydrogen-bond acceptors (Lipinski definition) is 4. The number of hydrogen-bond donors (Lipinski definition) is 1. The summed E-state index contributed by atoms with van der Waals surface area (Å²) in [7, 11) is 3.50. The minimum absolute atomic E-state index is 0.0184. The standard InChI is InChI=1S/C9H16N2O2/c1-9(2,10-3)6-7-5-8(12-4)11-13-7/h5,10H,6H2,1-4H3. The Morgan fingerprint density at radius 1 is 1.62 bits per heavy atom. The van der Waals surface area contributed by atoms with Gasteiger partial charge in [0.25, 0.3) is 5.88 Å². The van der Waals surface area contributed by atoms with Crippen molar-refractivity contribution in [3.63, 3.8) is 0 Å². The van der Waals surface area contributed by atoms with E-state index in [1.54, 1.807) is 13.2 Å². The Kier molecular flexibility index (Phi) is 2.93. The molecule has 0 aromatic carbocycles. The van der Waals surface area contributed by atoms with E-state index in [0.29, 0.717) is 5.88 Å². The minimum atomic E-state index is 0.0184. The smallest absolute Gasteiger partial charge is 0.254 e. The molecule has 1 N–H and O–H groups in total. The SMILES string of the molecule is CNC(C)(C)Cc1cc(OC)no1. The average molecular weight is 184 g/mol. The van der Waals surface area contributed by atoms with E-state index in [9.17, 15) is 0 Å². The molecule has 0 fully saturated rings. The van der Waals surface area contributed by atoms with Crippen molar-refractivity contribution in [3.05, 3.63) is 11.8 Å². The van der Waals surface area contributed by atoms with Crippen molar-refractivity contribution in [3.8, 4) is 5.88 Å². The molecular weight excluding hydrogens is 168 g/mol. The molecule has 0 aliphatic heterocycles. The number of ether oxygens (including phenoxy) is 1. The predicted molar refractivity (Wildman–Crippen MR) is 49.9 cm³/mol. The molecule has 1 aromatic heterocycles. The predicted octanol–water partition coefficient (Wildman–Crippen LogP) is 1.22. The first kappa shape index (κ1) is 10.1. The Bertz CT molecular complexity index is 268. The van der Waals surface area contributed by atoms with Gasteiger partial charge in [-0.1, -0.05) is 0 Å². The molecule has 13 heavy (non-hydrogen) atoms. The number of likely N-dealkylation sites (N-methyl/N-ethyl adjacent to an activating group) is 1. The largest absolute Gasteiger partial charge is 0.479 e. The Hall–Kier alpha value is -1.03. The lowest BCUT2D eigenvalue weighted by Gasteiger charge is -2.21. The van der Waals surface area contributed by atoms with Gasteiger partial charge in [0, 0.05) is 18.0 Å². The van der Waals surface area contributed by atoms with Crippen LogP contribution in [-0.4, -0.2) is 24.9 Å². The molecule has 1 rings (SSSR count). The van der Waals surface area contributed by atoms with Gasteiger partial charge in [-0.3, -0.25) is 0 Å². The first-order valence-corrected chi connectivity index (χ1v) is 4.26. The highest BCUT2D eigenvalue weighted by atomic mass is 16.5. The van der Waals surface area contributed by atoms with Gasteiger partial charge in [-0.05, 0) is 26.1 Å². The summed E-state index contributed by atoms with van der Waals surface area (Å²) < 4.78 is 10.00. The highest BCUT2D eigenvalue weighted by Crippen LogP contribution is 2.16. The molecule has 0 saturated heterocycles. The van der Waals surface area contributed by atoms with Crippen molar-refractivity contribution in [2.45, 2.75) is 25.8 Å². The highest BCUT2D eigenvalue weighted by Gasteiger charge is 2.18. The zero-order valence-corrected chi connectivity index (χ0v) is 8.55. The topological polar surface area (TPSA) is 47.3 Å². The van der Waals surface area contributed by atoms with E-state index < -0.39 is 0 Å². The molecule has 0 radical (unpaired) electrons. The first-order chi connectivity index (χ1) is 6.07. The molecule has 0 bridgehead atoms. The monoisotopic (exact) mass is 184 g/mol. The highest BCUT2D eigenvalue weighted by molar-refractivity contribution is 5.12. The third-order valence-corrected chi connectivity index (χ3v) is 2.04. The quantitative estimate of drug-likeness (QED) is 0.764. The molecule has 0 spiro atoms. The number of rotatable bonds is 4. The van der Waals surface area contributed by atoms with E-state index in [1.165, 1.54) is 0 Å². The molecule has 1 heterocycles. The van der Waals surface area contributed by atoms with Crippen molar-refractivity contribution in [1.29, 1.82) is 0 Å². The third kappa shape index (κ3) is 2.73. The lowest BCUT2D eigenvalue weighted by atomic mass is 10.00. The van der Waals surface area contributed by atoms with Gasteiger partial charge in [0.05, 0.1) is 7.11 Å². The second-order valence-corrected chi connectivity index (χ2v) is 3.65. The summed E-state index contributed by atoms with van der Waals surface area (Å²) in [4.78, 5) is 0. The summed E-state index contributed by atoms with van der Waals surface area (Å²) in [6, 6.07) is 1.80. The number of methoxy groups -OCH3 is 1. The number of aromatic nitrogens is 1. The van der Waals surface area contributed by atoms with Gasteiger partial charge in [0.1, 0.15) is 5.76 Å². The number of nitrogens with one attached hydrogen (secondary N) is 1. The van der Waals surface area contributed by atoms with Gasteiger partial charge in [0.15, 0.2) is 0 Å². The fourth-order valence-corrected chi connectivity index (χ4v) is 0.998. The summed E-state index contributed by atoms with van der Waals surface area (Å²) in [6.45, 7) is 4.20. The Balaban J connectivity index is 2.63. The molecule has 0 aliphatic rings. The Labute approximate surface area is 78.2 Å². The molecule has 4 nitrogen and oxygen atoms in total. The summed E-state index contributed by atoms with van der Waals surface area (Å²) in [5.74, 6) is 1.36. The van der Waals surface area contributed by atoms with Gasteiger partial charge >= 0.3 is 0 Å². The molecule has 4 heteroatoms. The van der Waals surface area contributed by atoms with Crippen molar-refractivity contribution in [1.82, 2.24) is 10.5 Å². The third-order valence-electron chi connectivity index (χ3n) is 2.04. The Morgan fingerprint density at radius 3 is 2.77 bits per heavy atom. The summed E-state index contributed by atoms with van der Waals surface area (Å²) >= 11 is 0. The van der Waals surface area contributed by atoms with Crippen LogP contribution < -0.4 is 10.1 Å². The van der Waals surface area contributed by atoms with Crippen LogP contribution in [-0.2, 0) is 6.42 Å². The van der Waals surface area contributed by atoms with E-state index in [0.717, 1.165) is 12.2 Å². The van der Waals surface area contributed by atoms with Gasteiger partial charge in [0.2, 0.25) is 0 Å². The molecule has 74 valence electrons. The van der Waals surface area contributed by atoms with E-state index >= 15 is 0 Å². The molecule has 0 atom stereocenters. The van der Waals surface area contributed by atoms with Crippen molar-refractivity contribution < 1.29 is 9.26 Å². The molecule has 0 unspecified atom stereocenters. The second kappa shape index (κ2) is 3.79. The summed E-state index contributed by atoms with van der Waals surface area (Å²) in [5, 5.41) is 6.92. The van der Waals surface area contributed by atoms with Crippen molar-refractivity contribution in [2.75, 3.05) is 14.2 Å². The molecule has 0 aliphatic carbocycles. The van der Waals surface area contributed by atoms with Crippen LogP contribution in [0.1, 0.15) is 19.6 Å². The zero-order chi connectivity index (χ0) is 9.90. The average Bonchev–Trinajstić information content (AvgIpc) is 2.52. The second-order valence-electron chi connectivity index (χ2n) is 3.65. The summed E-state index contributed by atoms with van der Waals surface area (Å²) in [5.41, 5.74) is 0.0184. The molecule has 1 aromatic rings. The van der Waals surface area contributed by atoms with Crippen molar-refractivity contribution >= 4 is 0 Å². The Morgan fingerprint density at radius 2 is 2.31 bits per heavy atom. The van der Waals surface area contributed by atoms with Crippen molar-refractivity contribution in [2.24, 2.45) is 0 Å². The van der Waals surface area contributed by atoms with Gasteiger partial charge in [-0.25, -0.2) is 0 Å². The van der Waals surface area contributed by atoms with Crippen LogP contribution in [0.15, 0.2) is 10.6 Å². The van der Waals surface area contributed by atoms with Gasteiger partial charge in [-0.2, -0.15) is 0 Å². The minimum Gasteiger partial charge on any atom is -0.479 e. The van der Waals surface area contributed by atoms with Crippen LogP contribution in [0.4, 0.5) is 0 Å². The molecule has 0 saturated carbocycles. The van der Waals surface area contributed by atoms with Crippen LogP contribution in [0.25, 0.3) is 0 Å². The summed E-state index contributed by atoms with van der Waals surface area (Å²) in [6.07, 6.45) is 0.792. The zero-order valence-electron chi connectivity index (χ0n) is 8.55. The van der Waals surface area contributed by atoms with E-state index in [2.05, 4.69) is 24.3 Å². The molecular formula is C9H16N2O2. The maximum atomic E-state index is 5.08. The fraction of sp³-hybridized carbons (Fsp3) is 0.667. The first-order valence-electron chi connectivity index (χ1n) is 4.26. The van der Waals surface area contributed by atoms with Gasteiger partial charge in [-0.15, -0.1) is 0 Å². The fourth-order valence-electron chi connectivity index (χ4n) is 0.998. The maximum absolute atomic E-state index is 5.08. The van der Waals surface area contributed by atoms with E-state index in [4.69, 9.17) is 9.26 Å². The molecule has 0 amide bonds. The van der Waals surface area contributed by atoms with Crippen LogP contribution in [0.3, 0.4) is 0 Å². The van der Waals surface area contributed by atoms with E-state index in [-0.39, 0.29) is 5.54 Å². The van der Waals surface area contributed by atoms with Crippen LogP contribution in [0.2, 0.25) is 0 Å². The normalized spacial score (nSPS) is 11.7. The van der Waals surface area contributed by atoms with Gasteiger partial charge < -0.3 is 14.6 Å². The number of nitrogens with zero attached hydrogens (tertiary/aromatic N) is 1. The maximum Gasteiger partial charge on any atom is 0.254 e. The van der Waals surface area contributed by atoms with Crippen LogP contribution >= 0.6 is 0 Å². The lowest BCUT2D eigenvalue weighted by Crippen LogP contribution is -2.38. The van der Waals surface area contributed by atoms with E-state index in [1.807, 2.05) is 7.05 Å². The van der Waals surface area contributed by atoms with Crippen LogP contribution in [0, 0.1) is 0 Å². The van der Waals surface area contributed by atoms with Crippen LogP contribution in [0.5, 0.6) is 5.88 Å².